The van der Waals surface area contributed by atoms with Crippen LogP contribution in [0.1, 0.15) is 50.7 Å². The highest BCUT2D eigenvalue weighted by Crippen LogP contribution is 2.28. The standard InChI is InChI=1S/C24H31N5/c1-3-5-7-18-9-13-20(14-10-18)28-23-22(25)24(27-17-26-23)29-21-15-11-19(12-16-21)8-6-4-2/h9-17H,3-8,25H2,1-2H3,(H2,26,27,28,29). The number of nitrogen functional groups attached to an aromatic ring is 1. The van der Waals surface area contributed by atoms with Gasteiger partial charge in [0.05, 0.1) is 0 Å². The normalized spacial score (nSPS) is 10.7. The van der Waals surface area contributed by atoms with Gasteiger partial charge in [-0.2, -0.15) is 0 Å². The Morgan fingerprint density at radius 1 is 0.690 bits per heavy atom. The van der Waals surface area contributed by atoms with Crippen LogP contribution in [-0.2, 0) is 12.8 Å². The number of benzene rings is 2. The molecule has 0 atom stereocenters. The van der Waals surface area contributed by atoms with Crippen molar-refractivity contribution in [3.63, 3.8) is 0 Å². The van der Waals surface area contributed by atoms with Crippen molar-refractivity contribution >= 4 is 28.7 Å². The molecule has 0 fully saturated rings. The van der Waals surface area contributed by atoms with Crippen LogP contribution in [0.15, 0.2) is 54.9 Å². The third kappa shape index (κ3) is 5.95. The molecule has 0 aliphatic rings. The molecule has 0 aliphatic carbocycles. The smallest absolute Gasteiger partial charge is 0.159 e. The molecule has 0 unspecified atom stereocenters. The molecule has 4 N–H and O–H groups in total. The summed E-state index contributed by atoms with van der Waals surface area (Å²) in [7, 11) is 0. The van der Waals surface area contributed by atoms with Gasteiger partial charge in [0.15, 0.2) is 11.6 Å². The average Bonchev–Trinajstić information content (AvgIpc) is 2.75. The van der Waals surface area contributed by atoms with Gasteiger partial charge in [-0.25, -0.2) is 9.97 Å². The maximum atomic E-state index is 6.32. The number of hydrogen-bond acceptors (Lipinski definition) is 5. The van der Waals surface area contributed by atoms with E-state index in [2.05, 4.69) is 83.0 Å². The van der Waals surface area contributed by atoms with Gasteiger partial charge in [0.1, 0.15) is 12.0 Å². The lowest BCUT2D eigenvalue weighted by atomic mass is 10.1. The maximum absolute atomic E-state index is 6.32. The molecule has 0 amide bonds. The van der Waals surface area contributed by atoms with E-state index in [1.165, 1.54) is 43.1 Å². The monoisotopic (exact) mass is 389 g/mol. The van der Waals surface area contributed by atoms with E-state index in [1.54, 1.807) is 0 Å². The Bertz CT molecular complexity index is 816. The zero-order valence-corrected chi connectivity index (χ0v) is 17.4. The molecule has 0 saturated carbocycles. The minimum absolute atomic E-state index is 0.498. The fraction of sp³-hybridized carbons (Fsp3) is 0.333. The number of rotatable bonds is 10. The first-order valence-corrected chi connectivity index (χ1v) is 10.5. The first-order chi connectivity index (χ1) is 14.2. The van der Waals surface area contributed by atoms with Crippen LogP contribution >= 0.6 is 0 Å². The summed E-state index contributed by atoms with van der Waals surface area (Å²) in [5, 5.41) is 6.60. The van der Waals surface area contributed by atoms with Crippen LogP contribution in [0.4, 0.5) is 28.7 Å². The van der Waals surface area contributed by atoms with Crippen LogP contribution in [0, 0.1) is 0 Å². The molecule has 0 aliphatic heterocycles. The highest BCUT2D eigenvalue weighted by Gasteiger charge is 2.09. The Morgan fingerprint density at radius 2 is 1.10 bits per heavy atom. The summed E-state index contributed by atoms with van der Waals surface area (Å²) in [5.74, 6) is 1.20. The predicted molar refractivity (Wildman–Crippen MR) is 123 cm³/mol. The van der Waals surface area contributed by atoms with Crippen LogP contribution in [0.3, 0.4) is 0 Å². The Morgan fingerprint density at radius 3 is 1.48 bits per heavy atom. The summed E-state index contributed by atoms with van der Waals surface area (Å²) < 4.78 is 0. The van der Waals surface area contributed by atoms with Crippen molar-refractivity contribution in [2.75, 3.05) is 16.4 Å². The number of nitrogens with one attached hydrogen (secondary N) is 2. The van der Waals surface area contributed by atoms with E-state index in [4.69, 9.17) is 5.73 Å². The molecule has 1 heterocycles. The van der Waals surface area contributed by atoms with E-state index in [0.717, 1.165) is 24.2 Å². The molecular formula is C24H31N5. The molecule has 2 aromatic carbocycles. The minimum atomic E-state index is 0.498. The van der Waals surface area contributed by atoms with Crippen molar-refractivity contribution in [1.29, 1.82) is 0 Å². The minimum Gasteiger partial charge on any atom is -0.393 e. The van der Waals surface area contributed by atoms with Gasteiger partial charge in [-0.15, -0.1) is 0 Å². The molecule has 29 heavy (non-hydrogen) atoms. The predicted octanol–water partition coefficient (Wildman–Crippen LogP) is 6.23. The van der Waals surface area contributed by atoms with E-state index in [1.807, 2.05) is 0 Å². The van der Waals surface area contributed by atoms with Crippen molar-refractivity contribution in [3.05, 3.63) is 66.0 Å². The van der Waals surface area contributed by atoms with Gasteiger partial charge in [0.25, 0.3) is 0 Å². The highest BCUT2D eigenvalue weighted by atomic mass is 15.1. The number of hydrogen-bond donors (Lipinski definition) is 3. The Labute approximate surface area is 173 Å². The molecule has 5 heteroatoms. The Hall–Kier alpha value is -3.08. The van der Waals surface area contributed by atoms with E-state index in [0.29, 0.717) is 17.3 Å². The van der Waals surface area contributed by atoms with E-state index >= 15 is 0 Å². The molecule has 0 saturated heterocycles. The van der Waals surface area contributed by atoms with Crippen molar-refractivity contribution in [1.82, 2.24) is 9.97 Å². The molecule has 3 rings (SSSR count). The number of unbranched alkanes of at least 4 members (excludes halogenated alkanes) is 2. The molecule has 5 nitrogen and oxygen atoms in total. The van der Waals surface area contributed by atoms with Crippen LogP contribution < -0.4 is 16.4 Å². The fourth-order valence-electron chi connectivity index (χ4n) is 3.14. The molecule has 0 radical (unpaired) electrons. The average molecular weight is 390 g/mol. The first kappa shape index (κ1) is 20.6. The van der Waals surface area contributed by atoms with Crippen LogP contribution in [0.5, 0.6) is 0 Å². The van der Waals surface area contributed by atoms with Crippen LogP contribution in [0.25, 0.3) is 0 Å². The summed E-state index contributed by atoms with van der Waals surface area (Å²) >= 11 is 0. The third-order valence-electron chi connectivity index (χ3n) is 4.96. The summed E-state index contributed by atoms with van der Waals surface area (Å²) in [6.45, 7) is 4.42. The zero-order valence-electron chi connectivity index (χ0n) is 17.4. The number of anilines is 5. The number of aromatic nitrogens is 2. The molecule has 0 bridgehead atoms. The second-order valence-electron chi connectivity index (χ2n) is 7.34. The van der Waals surface area contributed by atoms with Crippen molar-refractivity contribution in [2.45, 2.75) is 52.4 Å². The van der Waals surface area contributed by atoms with E-state index < -0.39 is 0 Å². The summed E-state index contributed by atoms with van der Waals surface area (Å²) in [6, 6.07) is 16.8. The summed E-state index contributed by atoms with van der Waals surface area (Å²) in [5.41, 5.74) is 11.4. The topological polar surface area (TPSA) is 75.9 Å². The molecule has 1 aromatic heterocycles. The fourth-order valence-corrected chi connectivity index (χ4v) is 3.14. The van der Waals surface area contributed by atoms with Gasteiger partial charge < -0.3 is 16.4 Å². The van der Waals surface area contributed by atoms with Gasteiger partial charge in [-0.1, -0.05) is 51.0 Å². The summed E-state index contributed by atoms with van der Waals surface area (Å²) in [6.07, 6.45) is 8.56. The lowest BCUT2D eigenvalue weighted by Gasteiger charge is -2.13. The molecular weight excluding hydrogens is 358 g/mol. The highest BCUT2D eigenvalue weighted by molar-refractivity contribution is 5.80. The van der Waals surface area contributed by atoms with E-state index in [9.17, 15) is 0 Å². The maximum Gasteiger partial charge on any atom is 0.159 e. The quantitative estimate of drug-likeness (QED) is 0.383. The second kappa shape index (κ2) is 10.5. The van der Waals surface area contributed by atoms with Gasteiger partial charge in [0, 0.05) is 11.4 Å². The number of aryl methyl sites for hydroxylation is 2. The lowest BCUT2D eigenvalue weighted by molar-refractivity contribution is 0.795. The van der Waals surface area contributed by atoms with Gasteiger partial charge in [-0.05, 0) is 61.1 Å². The molecule has 3 aromatic rings. The molecule has 0 spiro atoms. The molecule has 152 valence electrons. The second-order valence-corrected chi connectivity index (χ2v) is 7.34. The first-order valence-electron chi connectivity index (χ1n) is 10.5. The number of nitrogens with two attached hydrogens (primary N) is 1. The van der Waals surface area contributed by atoms with Crippen molar-refractivity contribution in [2.24, 2.45) is 0 Å². The van der Waals surface area contributed by atoms with Crippen LogP contribution in [0.2, 0.25) is 0 Å². The van der Waals surface area contributed by atoms with Gasteiger partial charge in [-0.3, -0.25) is 0 Å². The zero-order chi connectivity index (χ0) is 20.5. The summed E-state index contributed by atoms with van der Waals surface area (Å²) in [4.78, 5) is 8.62. The van der Waals surface area contributed by atoms with Crippen molar-refractivity contribution in [3.8, 4) is 0 Å². The Balaban J connectivity index is 1.67. The largest absolute Gasteiger partial charge is 0.393 e. The SMILES string of the molecule is CCCCc1ccc(Nc2ncnc(Nc3ccc(CCCC)cc3)c2N)cc1. The Kier molecular flexibility index (Phi) is 7.45. The van der Waals surface area contributed by atoms with Crippen LogP contribution in [-0.4, -0.2) is 9.97 Å². The van der Waals surface area contributed by atoms with E-state index in [-0.39, 0.29) is 0 Å². The van der Waals surface area contributed by atoms with Gasteiger partial charge >= 0.3 is 0 Å². The van der Waals surface area contributed by atoms with Gasteiger partial charge in [0.2, 0.25) is 0 Å². The number of nitrogens with zero attached hydrogens (tertiary/aromatic N) is 2. The lowest BCUT2D eigenvalue weighted by Crippen LogP contribution is -2.05. The third-order valence-corrected chi connectivity index (χ3v) is 4.96. The van der Waals surface area contributed by atoms with Crippen molar-refractivity contribution < 1.29 is 0 Å².